The predicted octanol–water partition coefficient (Wildman–Crippen LogP) is 5.08. The van der Waals surface area contributed by atoms with E-state index in [0.717, 1.165) is 56.1 Å². The van der Waals surface area contributed by atoms with Crippen LogP contribution < -0.4 is 16.0 Å². The first-order chi connectivity index (χ1) is 19.5. The van der Waals surface area contributed by atoms with Gasteiger partial charge in [-0.05, 0) is 51.7 Å². The second-order valence-electron chi connectivity index (χ2n) is 11.8. The zero-order chi connectivity index (χ0) is 30.1. The highest BCUT2D eigenvalue weighted by molar-refractivity contribution is 5.94. The van der Waals surface area contributed by atoms with Crippen LogP contribution in [0.3, 0.4) is 0 Å². The zero-order valence-corrected chi connectivity index (χ0v) is 25.2. The molecule has 1 unspecified atom stereocenters. The van der Waals surface area contributed by atoms with Crippen molar-refractivity contribution in [2.24, 2.45) is 0 Å². The van der Waals surface area contributed by atoms with Gasteiger partial charge in [-0.3, -0.25) is 9.59 Å². The molecule has 4 N–H and O–H groups in total. The number of hydrogen-bond acceptors (Lipinski definition) is 5. The molecule has 0 aliphatic carbocycles. The molecule has 0 aliphatic rings. The fourth-order valence-corrected chi connectivity index (χ4v) is 4.57. The van der Waals surface area contributed by atoms with Crippen molar-refractivity contribution in [3.8, 4) is 0 Å². The van der Waals surface area contributed by atoms with E-state index in [-0.39, 0.29) is 18.9 Å². The SMILES string of the molecule is CC(C)(C)OC(=O)N[C@@H](Cc1ccccc1)C(=O)NC(C)(Cc1ccccc1)C(=O)NCCCCCCCCCO. The lowest BCUT2D eigenvalue weighted by Crippen LogP contribution is -2.62. The zero-order valence-electron chi connectivity index (χ0n) is 25.2. The van der Waals surface area contributed by atoms with Crippen molar-refractivity contribution in [1.29, 1.82) is 0 Å². The Balaban J connectivity index is 2.11. The van der Waals surface area contributed by atoms with Gasteiger partial charge in [0.05, 0.1) is 0 Å². The van der Waals surface area contributed by atoms with E-state index in [1.54, 1.807) is 27.7 Å². The molecule has 2 rings (SSSR count). The maximum atomic E-state index is 13.7. The van der Waals surface area contributed by atoms with E-state index in [0.29, 0.717) is 13.0 Å². The van der Waals surface area contributed by atoms with Crippen molar-refractivity contribution in [2.75, 3.05) is 13.2 Å². The Morgan fingerprint density at radius 1 is 0.780 bits per heavy atom. The van der Waals surface area contributed by atoms with E-state index in [4.69, 9.17) is 9.84 Å². The first-order valence-electron chi connectivity index (χ1n) is 14.8. The van der Waals surface area contributed by atoms with Crippen LogP contribution in [0.5, 0.6) is 0 Å². The van der Waals surface area contributed by atoms with E-state index in [9.17, 15) is 14.4 Å². The lowest BCUT2D eigenvalue weighted by atomic mass is 9.90. The number of alkyl carbamates (subject to hydrolysis) is 1. The first-order valence-corrected chi connectivity index (χ1v) is 14.8. The number of hydrogen-bond donors (Lipinski definition) is 4. The lowest BCUT2D eigenvalue weighted by Gasteiger charge is -2.32. The minimum atomic E-state index is -1.24. The molecule has 8 heteroatoms. The third-order valence-corrected chi connectivity index (χ3v) is 6.71. The average molecular weight is 568 g/mol. The molecule has 0 saturated heterocycles. The molecule has 0 spiro atoms. The highest BCUT2D eigenvalue weighted by Crippen LogP contribution is 2.16. The summed E-state index contributed by atoms with van der Waals surface area (Å²) in [4.78, 5) is 39.9. The number of aliphatic hydroxyl groups is 1. The Hall–Kier alpha value is -3.39. The summed E-state index contributed by atoms with van der Waals surface area (Å²) in [7, 11) is 0. The van der Waals surface area contributed by atoms with Gasteiger partial charge >= 0.3 is 6.09 Å². The van der Waals surface area contributed by atoms with Gasteiger partial charge in [0.1, 0.15) is 17.2 Å². The standard InChI is InChI=1S/C33H49N3O5/c1-32(2,3)41-31(40)35-28(24-26-18-12-10-13-19-26)29(38)36-33(4,25-27-20-14-11-15-21-27)30(39)34-22-16-8-6-5-7-9-17-23-37/h10-15,18-21,28,37H,5-9,16-17,22-25H2,1-4H3,(H,34,39)(H,35,40)(H,36,38)/t28-,33?/m0/s1. The van der Waals surface area contributed by atoms with Crippen molar-refractivity contribution in [1.82, 2.24) is 16.0 Å². The topological polar surface area (TPSA) is 117 Å². The fraction of sp³-hybridized carbons (Fsp3) is 0.545. The van der Waals surface area contributed by atoms with E-state index in [2.05, 4.69) is 16.0 Å². The summed E-state index contributed by atoms with van der Waals surface area (Å²) in [6.45, 7) is 7.77. The minimum absolute atomic E-state index is 0.243. The molecule has 8 nitrogen and oxygen atoms in total. The number of nitrogens with one attached hydrogen (secondary N) is 3. The number of carbonyl (C=O) groups excluding carboxylic acids is 3. The summed E-state index contributed by atoms with van der Waals surface area (Å²) >= 11 is 0. The average Bonchev–Trinajstić information content (AvgIpc) is 2.91. The summed E-state index contributed by atoms with van der Waals surface area (Å²) in [5.74, 6) is -0.732. The van der Waals surface area contributed by atoms with Crippen LogP contribution in [0, 0.1) is 0 Å². The van der Waals surface area contributed by atoms with Gasteiger partial charge in [0.2, 0.25) is 11.8 Å². The molecule has 0 aliphatic heterocycles. The summed E-state index contributed by atoms with van der Waals surface area (Å²) in [6.07, 6.45) is 6.88. The molecule has 0 aromatic heterocycles. The summed E-state index contributed by atoms with van der Waals surface area (Å²) in [5.41, 5.74) is -0.186. The Bertz CT molecular complexity index is 1060. The lowest BCUT2D eigenvalue weighted by molar-refractivity contribution is -0.133. The van der Waals surface area contributed by atoms with Crippen LogP contribution in [0.25, 0.3) is 0 Å². The molecule has 2 aromatic rings. The van der Waals surface area contributed by atoms with Gasteiger partial charge < -0.3 is 25.8 Å². The molecule has 0 saturated carbocycles. The number of amides is 3. The third-order valence-electron chi connectivity index (χ3n) is 6.71. The number of carbonyl (C=O) groups is 3. The number of unbranched alkanes of at least 4 members (excludes halogenated alkanes) is 6. The van der Waals surface area contributed by atoms with Crippen molar-refractivity contribution in [2.45, 2.75) is 103 Å². The minimum Gasteiger partial charge on any atom is -0.444 e. The second kappa shape index (κ2) is 17.4. The van der Waals surface area contributed by atoms with E-state index < -0.39 is 29.2 Å². The van der Waals surface area contributed by atoms with Crippen LogP contribution in [-0.4, -0.2) is 53.3 Å². The Morgan fingerprint density at radius 2 is 1.32 bits per heavy atom. The van der Waals surface area contributed by atoms with Crippen LogP contribution in [-0.2, 0) is 27.2 Å². The highest BCUT2D eigenvalue weighted by Gasteiger charge is 2.37. The summed E-state index contributed by atoms with van der Waals surface area (Å²) in [5, 5.41) is 17.6. The Kier molecular flexibility index (Phi) is 14.4. The molecule has 2 aromatic carbocycles. The number of benzene rings is 2. The van der Waals surface area contributed by atoms with Gasteiger partial charge in [-0.1, -0.05) is 92.8 Å². The van der Waals surface area contributed by atoms with Crippen molar-refractivity contribution in [3.63, 3.8) is 0 Å². The van der Waals surface area contributed by atoms with Crippen molar-refractivity contribution < 1.29 is 24.2 Å². The normalized spacial score (nSPS) is 13.5. The summed E-state index contributed by atoms with van der Waals surface area (Å²) in [6, 6.07) is 18.0. The molecule has 0 radical (unpaired) electrons. The molecule has 0 bridgehead atoms. The second-order valence-corrected chi connectivity index (χ2v) is 11.8. The maximum Gasteiger partial charge on any atom is 0.408 e. The monoisotopic (exact) mass is 567 g/mol. The number of ether oxygens (including phenoxy) is 1. The Labute approximate surface area is 245 Å². The predicted molar refractivity (Wildman–Crippen MR) is 162 cm³/mol. The smallest absolute Gasteiger partial charge is 0.408 e. The maximum absolute atomic E-state index is 13.7. The molecule has 41 heavy (non-hydrogen) atoms. The van der Waals surface area contributed by atoms with Crippen LogP contribution in [0.2, 0.25) is 0 Å². The molecule has 226 valence electrons. The van der Waals surface area contributed by atoms with Gasteiger partial charge in [0.15, 0.2) is 0 Å². The Morgan fingerprint density at radius 3 is 1.88 bits per heavy atom. The van der Waals surface area contributed by atoms with Crippen LogP contribution in [0.15, 0.2) is 60.7 Å². The molecular weight excluding hydrogens is 518 g/mol. The quantitative estimate of drug-likeness (QED) is 0.199. The van der Waals surface area contributed by atoms with E-state index in [1.807, 2.05) is 60.7 Å². The molecule has 0 heterocycles. The molecular formula is C33H49N3O5. The number of aliphatic hydroxyl groups excluding tert-OH is 1. The van der Waals surface area contributed by atoms with Gasteiger partial charge in [-0.15, -0.1) is 0 Å². The molecule has 3 amide bonds. The van der Waals surface area contributed by atoms with E-state index in [1.165, 1.54) is 0 Å². The van der Waals surface area contributed by atoms with Gasteiger partial charge in [0, 0.05) is 26.0 Å². The van der Waals surface area contributed by atoms with Gasteiger partial charge in [-0.2, -0.15) is 0 Å². The van der Waals surface area contributed by atoms with Crippen LogP contribution in [0.1, 0.15) is 83.8 Å². The van der Waals surface area contributed by atoms with Crippen LogP contribution >= 0.6 is 0 Å². The molecule has 0 fully saturated rings. The fourth-order valence-electron chi connectivity index (χ4n) is 4.57. The highest BCUT2D eigenvalue weighted by atomic mass is 16.6. The largest absolute Gasteiger partial charge is 0.444 e. The summed E-state index contributed by atoms with van der Waals surface area (Å²) < 4.78 is 5.42. The molecule has 2 atom stereocenters. The first kappa shape index (κ1) is 33.8. The van der Waals surface area contributed by atoms with Gasteiger partial charge in [-0.25, -0.2) is 4.79 Å². The number of rotatable bonds is 17. The third kappa shape index (κ3) is 13.7. The van der Waals surface area contributed by atoms with E-state index >= 15 is 0 Å². The van der Waals surface area contributed by atoms with Gasteiger partial charge in [0.25, 0.3) is 0 Å². The van der Waals surface area contributed by atoms with Crippen LogP contribution in [0.4, 0.5) is 4.79 Å². The van der Waals surface area contributed by atoms with Crippen molar-refractivity contribution >= 4 is 17.9 Å². The van der Waals surface area contributed by atoms with Crippen molar-refractivity contribution in [3.05, 3.63) is 71.8 Å².